The molecule has 0 aliphatic rings. The van der Waals surface area contributed by atoms with Gasteiger partial charge >= 0.3 is 0 Å². The maximum Gasteiger partial charge on any atom is 0.259 e. The van der Waals surface area contributed by atoms with Gasteiger partial charge in [0.05, 0.1) is 17.5 Å². The maximum absolute atomic E-state index is 12.4. The SMILES string of the molecule is CCOc1cc(C)c(-c2nc3ccccc3c(=O)[nH]2)cc1C(C)C. The molecule has 2 aromatic carbocycles. The highest BCUT2D eigenvalue weighted by atomic mass is 16.5. The second kappa shape index (κ2) is 6.48. The van der Waals surface area contributed by atoms with E-state index in [1.54, 1.807) is 6.07 Å². The standard InChI is InChI=1S/C20H22N2O2/c1-5-24-18-10-13(4)16(11-15(18)12(2)3)19-21-17-9-7-6-8-14(17)20(23)22-19/h6-12H,5H2,1-4H3,(H,21,22,23). The van der Waals surface area contributed by atoms with Crippen LogP contribution < -0.4 is 10.3 Å². The lowest BCUT2D eigenvalue weighted by atomic mass is 9.96. The summed E-state index contributed by atoms with van der Waals surface area (Å²) in [5.74, 6) is 1.82. The van der Waals surface area contributed by atoms with Crippen LogP contribution in [0.3, 0.4) is 0 Å². The number of ether oxygens (including phenoxy) is 1. The molecule has 3 rings (SSSR count). The molecule has 0 saturated heterocycles. The molecule has 1 heterocycles. The van der Waals surface area contributed by atoms with Crippen molar-refractivity contribution in [3.05, 3.63) is 57.9 Å². The third kappa shape index (κ3) is 2.92. The molecule has 0 aliphatic carbocycles. The van der Waals surface area contributed by atoms with Crippen molar-refractivity contribution in [2.75, 3.05) is 6.61 Å². The average molecular weight is 322 g/mol. The number of hydrogen-bond donors (Lipinski definition) is 1. The van der Waals surface area contributed by atoms with Crippen molar-refractivity contribution in [3.8, 4) is 17.1 Å². The third-order valence-electron chi connectivity index (χ3n) is 4.15. The molecule has 1 aromatic heterocycles. The second-order valence-electron chi connectivity index (χ2n) is 6.22. The first-order valence-corrected chi connectivity index (χ1v) is 8.28. The van der Waals surface area contributed by atoms with Crippen LogP contribution in [-0.4, -0.2) is 16.6 Å². The molecule has 0 aliphatic heterocycles. The van der Waals surface area contributed by atoms with E-state index in [0.29, 0.717) is 29.3 Å². The zero-order chi connectivity index (χ0) is 17.3. The van der Waals surface area contributed by atoms with E-state index >= 15 is 0 Å². The van der Waals surface area contributed by atoms with Crippen LogP contribution in [-0.2, 0) is 0 Å². The quantitative estimate of drug-likeness (QED) is 0.773. The zero-order valence-electron chi connectivity index (χ0n) is 14.5. The Hall–Kier alpha value is -2.62. The number of aryl methyl sites for hydroxylation is 1. The van der Waals surface area contributed by atoms with Crippen molar-refractivity contribution in [2.24, 2.45) is 0 Å². The fourth-order valence-corrected chi connectivity index (χ4v) is 2.90. The van der Waals surface area contributed by atoms with Crippen LogP contribution in [0.15, 0.2) is 41.2 Å². The molecular formula is C20H22N2O2. The lowest BCUT2D eigenvalue weighted by Crippen LogP contribution is -2.10. The molecule has 0 bridgehead atoms. The van der Waals surface area contributed by atoms with Gasteiger partial charge in [-0.3, -0.25) is 4.79 Å². The minimum absolute atomic E-state index is 0.116. The minimum atomic E-state index is -0.116. The van der Waals surface area contributed by atoms with Crippen LogP contribution in [0.4, 0.5) is 0 Å². The van der Waals surface area contributed by atoms with Gasteiger partial charge in [-0.05, 0) is 55.2 Å². The summed E-state index contributed by atoms with van der Waals surface area (Å²) in [5, 5.41) is 0.605. The van der Waals surface area contributed by atoms with Crippen molar-refractivity contribution in [1.82, 2.24) is 9.97 Å². The molecule has 0 amide bonds. The van der Waals surface area contributed by atoms with Crippen LogP contribution in [0.1, 0.15) is 37.8 Å². The Balaban J connectivity index is 2.22. The smallest absolute Gasteiger partial charge is 0.259 e. The van der Waals surface area contributed by atoms with Crippen molar-refractivity contribution in [1.29, 1.82) is 0 Å². The summed E-state index contributed by atoms with van der Waals surface area (Å²) in [5.41, 5.74) is 3.67. The molecule has 1 N–H and O–H groups in total. The number of benzene rings is 2. The first-order valence-electron chi connectivity index (χ1n) is 8.28. The van der Waals surface area contributed by atoms with Crippen LogP contribution in [0.5, 0.6) is 5.75 Å². The highest BCUT2D eigenvalue weighted by Crippen LogP contribution is 2.33. The van der Waals surface area contributed by atoms with Gasteiger partial charge in [0.25, 0.3) is 5.56 Å². The number of nitrogens with one attached hydrogen (secondary N) is 1. The number of nitrogens with zero attached hydrogens (tertiary/aromatic N) is 1. The van der Waals surface area contributed by atoms with Gasteiger partial charge < -0.3 is 9.72 Å². The van der Waals surface area contributed by atoms with Gasteiger partial charge in [0.1, 0.15) is 11.6 Å². The summed E-state index contributed by atoms with van der Waals surface area (Å²) in [6.45, 7) is 8.89. The molecule has 0 saturated carbocycles. The van der Waals surface area contributed by atoms with Crippen molar-refractivity contribution >= 4 is 10.9 Å². The lowest BCUT2D eigenvalue weighted by Gasteiger charge is -2.17. The van der Waals surface area contributed by atoms with E-state index < -0.39 is 0 Å². The van der Waals surface area contributed by atoms with Crippen LogP contribution in [0.25, 0.3) is 22.3 Å². The van der Waals surface area contributed by atoms with E-state index in [0.717, 1.165) is 22.4 Å². The van der Waals surface area contributed by atoms with Crippen molar-refractivity contribution in [3.63, 3.8) is 0 Å². The highest BCUT2D eigenvalue weighted by Gasteiger charge is 2.15. The molecule has 4 nitrogen and oxygen atoms in total. The van der Waals surface area contributed by atoms with E-state index in [1.165, 1.54) is 0 Å². The van der Waals surface area contributed by atoms with E-state index in [4.69, 9.17) is 4.74 Å². The Morgan fingerprint density at radius 3 is 2.67 bits per heavy atom. The number of rotatable bonds is 4. The fourth-order valence-electron chi connectivity index (χ4n) is 2.90. The Bertz CT molecular complexity index is 942. The molecule has 0 spiro atoms. The van der Waals surface area contributed by atoms with Gasteiger partial charge in [0, 0.05) is 5.56 Å². The monoisotopic (exact) mass is 322 g/mol. The molecule has 4 heteroatoms. The molecule has 0 unspecified atom stereocenters. The molecular weight excluding hydrogens is 300 g/mol. The molecule has 0 fully saturated rings. The van der Waals surface area contributed by atoms with E-state index in [1.807, 2.05) is 38.1 Å². The molecule has 24 heavy (non-hydrogen) atoms. The van der Waals surface area contributed by atoms with Gasteiger partial charge in [-0.25, -0.2) is 4.98 Å². The Kier molecular flexibility index (Phi) is 4.38. The zero-order valence-corrected chi connectivity index (χ0v) is 14.5. The van der Waals surface area contributed by atoms with E-state index in [9.17, 15) is 4.79 Å². The second-order valence-corrected chi connectivity index (χ2v) is 6.22. The summed E-state index contributed by atoms with van der Waals surface area (Å²) in [7, 11) is 0. The Morgan fingerprint density at radius 2 is 1.96 bits per heavy atom. The molecule has 124 valence electrons. The fraction of sp³-hybridized carbons (Fsp3) is 0.300. The minimum Gasteiger partial charge on any atom is -0.494 e. The van der Waals surface area contributed by atoms with Gasteiger partial charge in [0.2, 0.25) is 0 Å². The van der Waals surface area contributed by atoms with E-state index in [2.05, 4.69) is 29.9 Å². The summed E-state index contributed by atoms with van der Waals surface area (Å²) in [6, 6.07) is 11.5. The highest BCUT2D eigenvalue weighted by molar-refractivity contribution is 5.79. The number of H-pyrrole nitrogens is 1. The summed E-state index contributed by atoms with van der Waals surface area (Å²) in [4.78, 5) is 19.9. The average Bonchev–Trinajstić information content (AvgIpc) is 2.55. The normalized spacial score (nSPS) is 11.2. The Labute approximate surface area is 141 Å². The Morgan fingerprint density at radius 1 is 1.21 bits per heavy atom. The molecule has 3 aromatic rings. The van der Waals surface area contributed by atoms with Crippen LogP contribution >= 0.6 is 0 Å². The number of para-hydroxylation sites is 1. The maximum atomic E-state index is 12.4. The first-order chi connectivity index (χ1) is 11.5. The number of aromatic amines is 1. The number of fused-ring (bicyclic) bond motifs is 1. The van der Waals surface area contributed by atoms with Crippen molar-refractivity contribution < 1.29 is 4.74 Å². The largest absolute Gasteiger partial charge is 0.494 e. The molecule has 0 atom stereocenters. The summed E-state index contributed by atoms with van der Waals surface area (Å²) in [6.07, 6.45) is 0. The topological polar surface area (TPSA) is 55.0 Å². The predicted octanol–water partition coefficient (Wildman–Crippen LogP) is 4.42. The van der Waals surface area contributed by atoms with Crippen LogP contribution in [0.2, 0.25) is 0 Å². The predicted molar refractivity (Wildman–Crippen MR) is 97.8 cm³/mol. The van der Waals surface area contributed by atoms with Gasteiger partial charge in [-0.2, -0.15) is 0 Å². The van der Waals surface area contributed by atoms with Crippen LogP contribution in [0, 0.1) is 6.92 Å². The summed E-state index contributed by atoms with van der Waals surface area (Å²) < 4.78 is 5.77. The van der Waals surface area contributed by atoms with E-state index in [-0.39, 0.29) is 5.56 Å². The lowest BCUT2D eigenvalue weighted by molar-refractivity contribution is 0.335. The van der Waals surface area contributed by atoms with Crippen molar-refractivity contribution in [2.45, 2.75) is 33.6 Å². The molecule has 0 radical (unpaired) electrons. The first kappa shape index (κ1) is 16.2. The van der Waals surface area contributed by atoms with Gasteiger partial charge in [-0.1, -0.05) is 26.0 Å². The van der Waals surface area contributed by atoms with Gasteiger partial charge in [-0.15, -0.1) is 0 Å². The third-order valence-corrected chi connectivity index (χ3v) is 4.15. The van der Waals surface area contributed by atoms with Gasteiger partial charge in [0.15, 0.2) is 0 Å². The number of hydrogen-bond acceptors (Lipinski definition) is 3. The number of aromatic nitrogens is 2. The summed E-state index contributed by atoms with van der Waals surface area (Å²) >= 11 is 0.